The molecule has 0 amide bonds. The van der Waals surface area contributed by atoms with Crippen LogP contribution in [0.3, 0.4) is 0 Å². The van der Waals surface area contributed by atoms with E-state index in [4.69, 9.17) is 11.6 Å². The number of halogens is 3. The molecule has 0 nitrogen and oxygen atoms in total. The van der Waals surface area contributed by atoms with Crippen molar-refractivity contribution in [2.75, 3.05) is 0 Å². The number of benzene rings is 2. The first kappa shape index (κ1) is 13.1. The molecule has 2 unspecified atom stereocenters. The quantitative estimate of drug-likeness (QED) is 0.649. The molecule has 0 saturated heterocycles. The van der Waals surface area contributed by atoms with Gasteiger partial charge in [-0.1, -0.05) is 63.9 Å². The molecule has 0 heterocycles. The minimum Gasteiger partial charge on any atom is -0.205 e. The summed E-state index contributed by atoms with van der Waals surface area (Å²) in [6, 6.07) is 13.6. The second kappa shape index (κ2) is 5.26. The van der Waals surface area contributed by atoms with E-state index in [0.717, 1.165) is 6.42 Å². The maximum Gasteiger partial charge on any atom is 0.144 e. The normalized spacial score (nSPS) is 21.4. The molecule has 98 valence electrons. The first-order valence-corrected chi connectivity index (χ1v) is 7.61. The second-order valence-corrected chi connectivity index (χ2v) is 6.38. The molecule has 0 radical (unpaired) electrons. The van der Waals surface area contributed by atoms with Crippen LogP contribution in [0, 0.1) is 11.7 Å². The number of alkyl halides is 1. The molecule has 0 aliphatic heterocycles. The lowest BCUT2D eigenvalue weighted by atomic mass is 9.96. The standard InChI is InChI=1S/C16H13BrClF/c17-15-12(8-10-4-1-2-6-13(10)15)9-11-5-3-7-14(18)16(11)19/h1-7,12,15H,8-9H2. The highest BCUT2D eigenvalue weighted by molar-refractivity contribution is 9.09. The summed E-state index contributed by atoms with van der Waals surface area (Å²) < 4.78 is 14.0. The Balaban J connectivity index is 1.85. The van der Waals surface area contributed by atoms with Crippen LogP contribution in [0.2, 0.25) is 5.02 Å². The summed E-state index contributed by atoms with van der Waals surface area (Å²) in [6.45, 7) is 0. The Labute approximate surface area is 125 Å². The van der Waals surface area contributed by atoms with Crippen molar-refractivity contribution < 1.29 is 4.39 Å². The van der Waals surface area contributed by atoms with Crippen LogP contribution < -0.4 is 0 Å². The van der Waals surface area contributed by atoms with Crippen molar-refractivity contribution in [3.05, 3.63) is 70.0 Å². The van der Waals surface area contributed by atoms with Crippen LogP contribution in [-0.4, -0.2) is 0 Å². The summed E-state index contributed by atoms with van der Waals surface area (Å²) >= 11 is 9.59. The molecule has 2 aromatic carbocycles. The van der Waals surface area contributed by atoms with Gasteiger partial charge in [-0.3, -0.25) is 0 Å². The van der Waals surface area contributed by atoms with Crippen molar-refractivity contribution in [3.8, 4) is 0 Å². The average Bonchev–Trinajstić information content (AvgIpc) is 2.73. The predicted octanol–water partition coefficient (Wildman–Crippen LogP) is 5.33. The lowest BCUT2D eigenvalue weighted by Gasteiger charge is -2.15. The third-order valence-electron chi connectivity index (χ3n) is 3.76. The van der Waals surface area contributed by atoms with E-state index >= 15 is 0 Å². The van der Waals surface area contributed by atoms with Crippen LogP contribution in [0.25, 0.3) is 0 Å². The third-order valence-corrected chi connectivity index (χ3v) is 5.29. The Morgan fingerprint density at radius 2 is 1.95 bits per heavy atom. The Hall–Kier alpha value is -0.860. The van der Waals surface area contributed by atoms with E-state index in [0.29, 0.717) is 22.7 Å². The predicted molar refractivity (Wildman–Crippen MR) is 80.4 cm³/mol. The zero-order valence-corrected chi connectivity index (χ0v) is 12.6. The lowest BCUT2D eigenvalue weighted by molar-refractivity contribution is 0.527. The molecule has 0 N–H and O–H groups in total. The van der Waals surface area contributed by atoms with Crippen LogP contribution >= 0.6 is 27.5 Å². The van der Waals surface area contributed by atoms with Crippen molar-refractivity contribution in [3.63, 3.8) is 0 Å². The molecule has 3 heteroatoms. The van der Waals surface area contributed by atoms with Gasteiger partial charge in [-0.25, -0.2) is 4.39 Å². The van der Waals surface area contributed by atoms with Gasteiger partial charge in [0.1, 0.15) is 5.82 Å². The zero-order chi connectivity index (χ0) is 13.4. The largest absolute Gasteiger partial charge is 0.205 e. The summed E-state index contributed by atoms with van der Waals surface area (Å²) in [5.41, 5.74) is 3.39. The molecule has 0 aromatic heterocycles. The molecule has 0 saturated carbocycles. The molecular formula is C16H13BrClF. The Kier molecular flexibility index (Phi) is 3.64. The maximum atomic E-state index is 14.0. The Morgan fingerprint density at radius 1 is 1.16 bits per heavy atom. The Morgan fingerprint density at radius 3 is 2.74 bits per heavy atom. The fourth-order valence-corrected chi connectivity index (χ4v) is 3.81. The maximum absolute atomic E-state index is 14.0. The molecule has 1 aliphatic carbocycles. The molecule has 1 aliphatic rings. The van der Waals surface area contributed by atoms with Gasteiger partial charge in [0.25, 0.3) is 0 Å². The fourth-order valence-electron chi connectivity index (χ4n) is 2.79. The van der Waals surface area contributed by atoms with Gasteiger partial charge in [-0.2, -0.15) is 0 Å². The molecule has 2 atom stereocenters. The highest BCUT2D eigenvalue weighted by atomic mass is 79.9. The molecule has 3 rings (SSSR count). The van der Waals surface area contributed by atoms with Crippen molar-refractivity contribution in [2.45, 2.75) is 17.7 Å². The average molecular weight is 340 g/mol. The van der Waals surface area contributed by atoms with Crippen molar-refractivity contribution in [1.29, 1.82) is 0 Å². The minimum atomic E-state index is -0.278. The van der Waals surface area contributed by atoms with E-state index in [9.17, 15) is 4.39 Å². The van der Waals surface area contributed by atoms with Crippen LogP contribution in [0.5, 0.6) is 0 Å². The minimum absolute atomic E-state index is 0.208. The Bertz CT molecular complexity index is 611. The second-order valence-electron chi connectivity index (χ2n) is 4.98. The first-order valence-electron chi connectivity index (χ1n) is 6.31. The van der Waals surface area contributed by atoms with E-state index in [1.807, 2.05) is 12.1 Å². The van der Waals surface area contributed by atoms with E-state index < -0.39 is 0 Å². The highest BCUT2D eigenvalue weighted by Crippen LogP contribution is 2.43. The van der Waals surface area contributed by atoms with Gasteiger partial charge in [-0.15, -0.1) is 0 Å². The summed E-state index contributed by atoms with van der Waals surface area (Å²) in [4.78, 5) is 0.294. The van der Waals surface area contributed by atoms with Gasteiger partial charge in [0, 0.05) is 4.83 Å². The van der Waals surface area contributed by atoms with Gasteiger partial charge in [0.05, 0.1) is 5.02 Å². The van der Waals surface area contributed by atoms with Crippen LogP contribution in [-0.2, 0) is 12.8 Å². The van der Waals surface area contributed by atoms with Gasteiger partial charge in [-0.05, 0) is 41.5 Å². The van der Waals surface area contributed by atoms with Crippen molar-refractivity contribution in [1.82, 2.24) is 0 Å². The van der Waals surface area contributed by atoms with Gasteiger partial charge in [0.15, 0.2) is 0 Å². The molecule has 0 spiro atoms. The number of fused-ring (bicyclic) bond motifs is 1. The van der Waals surface area contributed by atoms with Gasteiger partial charge >= 0.3 is 0 Å². The van der Waals surface area contributed by atoms with Crippen molar-refractivity contribution in [2.24, 2.45) is 5.92 Å². The van der Waals surface area contributed by atoms with Crippen molar-refractivity contribution >= 4 is 27.5 Å². The van der Waals surface area contributed by atoms with Crippen LogP contribution in [0.15, 0.2) is 42.5 Å². The third kappa shape index (κ3) is 2.44. The van der Waals surface area contributed by atoms with Gasteiger partial charge < -0.3 is 0 Å². The topological polar surface area (TPSA) is 0 Å². The molecule has 19 heavy (non-hydrogen) atoms. The van der Waals surface area contributed by atoms with E-state index in [1.54, 1.807) is 6.07 Å². The summed E-state index contributed by atoms with van der Waals surface area (Å²) in [5.74, 6) is 0.102. The molecular weight excluding hydrogens is 327 g/mol. The van der Waals surface area contributed by atoms with E-state index in [1.165, 1.54) is 11.1 Å². The monoisotopic (exact) mass is 338 g/mol. The van der Waals surface area contributed by atoms with Gasteiger partial charge in [0.2, 0.25) is 0 Å². The summed E-state index contributed by atoms with van der Waals surface area (Å²) in [7, 11) is 0. The van der Waals surface area contributed by atoms with E-state index in [2.05, 4.69) is 40.2 Å². The first-order chi connectivity index (χ1) is 9.16. The zero-order valence-electron chi connectivity index (χ0n) is 10.2. The van der Waals surface area contributed by atoms with Crippen LogP contribution in [0.4, 0.5) is 4.39 Å². The van der Waals surface area contributed by atoms with E-state index in [-0.39, 0.29) is 10.8 Å². The highest BCUT2D eigenvalue weighted by Gasteiger charge is 2.30. The lowest BCUT2D eigenvalue weighted by Crippen LogP contribution is -2.08. The fraction of sp³-hybridized carbons (Fsp3) is 0.250. The molecule has 2 aromatic rings. The summed E-state index contributed by atoms with van der Waals surface area (Å²) in [6.07, 6.45) is 1.69. The smallest absolute Gasteiger partial charge is 0.144 e. The molecule has 0 bridgehead atoms. The number of hydrogen-bond donors (Lipinski definition) is 0. The number of rotatable bonds is 2. The number of hydrogen-bond acceptors (Lipinski definition) is 0. The SMILES string of the molecule is Fc1c(Cl)cccc1CC1Cc2ccccc2C1Br. The molecule has 0 fully saturated rings. The van der Waals surface area contributed by atoms with Crippen LogP contribution in [0.1, 0.15) is 21.5 Å². The summed E-state index contributed by atoms with van der Waals surface area (Å²) in [5, 5.41) is 0.208.